The van der Waals surface area contributed by atoms with E-state index in [0.717, 1.165) is 40.8 Å². The summed E-state index contributed by atoms with van der Waals surface area (Å²) < 4.78 is 15.8. The molecule has 0 amide bonds. The third-order valence-electron chi connectivity index (χ3n) is 6.26. The van der Waals surface area contributed by atoms with Gasteiger partial charge in [-0.2, -0.15) is 5.10 Å². The van der Waals surface area contributed by atoms with Crippen molar-refractivity contribution in [1.29, 1.82) is 0 Å². The van der Waals surface area contributed by atoms with Crippen molar-refractivity contribution < 1.29 is 4.74 Å². The van der Waals surface area contributed by atoms with E-state index < -0.39 is 7.21 Å². The molecular formula is C27H27Cl2N4OP. The van der Waals surface area contributed by atoms with Gasteiger partial charge in [-0.3, -0.25) is 4.67 Å². The number of para-hydroxylation sites is 1. The third kappa shape index (κ3) is 4.48. The van der Waals surface area contributed by atoms with Crippen LogP contribution in [-0.2, 0) is 4.74 Å². The van der Waals surface area contributed by atoms with E-state index in [2.05, 4.69) is 54.9 Å². The number of halogens is 2. The van der Waals surface area contributed by atoms with Gasteiger partial charge in [0.15, 0.2) is 0 Å². The molecule has 1 unspecified atom stereocenters. The smallest absolute Gasteiger partial charge is 0.101 e. The zero-order valence-corrected chi connectivity index (χ0v) is 22.1. The summed E-state index contributed by atoms with van der Waals surface area (Å²) in [5.41, 5.74) is 3.64. The molecule has 1 aromatic heterocycles. The van der Waals surface area contributed by atoms with E-state index in [1.807, 2.05) is 47.1 Å². The third-order valence-corrected chi connectivity index (χ3v) is 10.9. The second kappa shape index (κ2) is 10.3. The summed E-state index contributed by atoms with van der Waals surface area (Å²) in [5, 5.41) is 8.36. The maximum atomic E-state index is 6.71. The quantitative estimate of drug-likeness (QED) is 0.279. The van der Waals surface area contributed by atoms with Gasteiger partial charge in [0.1, 0.15) is 5.69 Å². The largest absolute Gasteiger partial charge is 0.379 e. The number of hydrogen-bond donors (Lipinski definition) is 0. The van der Waals surface area contributed by atoms with Crippen molar-refractivity contribution in [2.24, 2.45) is 4.74 Å². The SMILES string of the molecule is Cc1nn(-c2ccccc2)c(C)c1P(=Nc1c(Cl)cccc1Cl)(c1ccccc1)N1CCOCC1. The molecule has 1 saturated heterocycles. The van der Waals surface area contributed by atoms with Gasteiger partial charge in [0.2, 0.25) is 0 Å². The van der Waals surface area contributed by atoms with Crippen molar-refractivity contribution in [2.75, 3.05) is 26.3 Å². The highest BCUT2D eigenvalue weighted by molar-refractivity contribution is 7.79. The lowest BCUT2D eigenvalue weighted by atomic mass is 10.3. The van der Waals surface area contributed by atoms with Gasteiger partial charge in [0, 0.05) is 18.4 Å². The first-order valence-electron chi connectivity index (χ1n) is 11.6. The first-order valence-corrected chi connectivity index (χ1v) is 14.0. The average molecular weight is 525 g/mol. The minimum absolute atomic E-state index is 0.539. The van der Waals surface area contributed by atoms with E-state index in [1.165, 1.54) is 0 Å². The zero-order chi connectivity index (χ0) is 24.4. The van der Waals surface area contributed by atoms with E-state index in [9.17, 15) is 0 Å². The van der Waals surface area contributed by atoms with Gasteiger partial charge in [-0.1, -0.05) is 77.8 Å². The lowest BCUT2D eigenvalue weighted by Crippen LogP contribution is -2.41. The van der Waals surface area contributed by atoms with Crippen LogP contribution in [0, 0.1) is 13.8 Å². The maximum absolute atomic E-state index is 6.71. The Hall–Kier alpha value is -2.40. The highest BCUT2D eigenvalue weighted by Crippen LogP contribution is 2.56. The monoisotopic (exact) mass is 524 g/mol. The lowest BCUT2D eigenvalue weighted by Gasteiger charge is -2.39. The van der Waals surface area contributed by atoms with E-state index in [0.29, 0.717) is 28.9 Å². The highest BCUT2D eigenvalue weighted by atomic mass is 35.5. The van der Waals surface area contributed by atoms with E-state index in [-0.39, 0.29) is 0 Å². The molecule has 0 spiro atoms. The second-order valence-corrected chi connectivity index (χ2v) is 12.2. The maximum Gasteiger partial charge on any atom is 0.101 e. The summed E-state index contributed by atoms with van der Waals surface area (Å²) >= 11 is 13.4. The summed E-state index contributed by atoms with van der Waals surface area (Å²) in [6, 6.07) is 26.3. The summed E-state index contributed by atoms with van der Waals surface area (Å²) in [5.74, 6) is 0. The minimum atomic E-state index is -2.60. The lowest BCUT2D eigenvalue weighted by molar-refractivity contribution is 0.0750. The molecule has 2 heterocycles. The molecule has 5 rings (SSSR count). The van der Waals surface area contributed by atoms with Crippen LogP contribution in [0.4, 0.5) is 5.69 Å². The van der Waals surface area contributed by atoms with Gasteiger partial charge >= 0.3 is 0 Å². The normalized spacial score (nSPS) is 16.1. The topological polar surface area (TPSA) is 42.7 Å². The molecule has 0 saturated carbocycles. The van der Waals surface area contributed by atoms with Crippen molar-refractivity contribution in [3.63, 3.8) is 0 Å². The first-order chi connectivity index (χ1) is 17.0. The Balaban J connectivity index is 1.90. The van der Waals surface area contributed by atoms with Crippen molar-refractivity contribution in [3.05, 3.63) is 100 Å². The number of aromatic nitrogens is 2. The number of morpholine rings is 1. The Labute approximate surface area is 216 Å². The molecule has 1 fully saturated rings. The zero-order valence-electron chi connectivity index (χ0n) is 19.7. The molecule has 5 nitrogen and oxygen atoms in total. The molecule has 1 atom stereocenters. The minimum Gasteiger partial charge on any atom is -0.379 e. The number of ether oxygens (including phenoxy) is 1. The summed E-state index contributed by atoms with van der Waals surface area (Å²) in [6.07, 6.45) is 0. The van der Waals surface area contributed by atoms with Crippen molar-refractivity contribution >= 4 is 46.7 Å². The second-order valence-electron chi connectivity index (χ2n) is 8.44. The molecule has 1 aliphatic heterocycles. The molecule has 0 N–H and O–H groups in total. The molecule has 0 bridgehead atoms. The van der Waals surface area contributed by atoms with Crippen LogP contribution in [0.2, 0.25) is 10.0 Å². The fourth-order valence-electron chi connectivity index (χ4n) is 4.72. The Morgan fingerprint density at radius 3 is 2.06 bits per heavy atom. The summed E-state index contributed by atoms with van der Waals surface area (Å²) in [6.45, 7) is 7.00. The Morgan fingerprint density at radius 1 is 0.829 bits per heavy atom. The van der Waals surface area contributed by atoms with Crippen molar-refractivity contribution in [2.45, 2.75) is 13.8 Å². The number of aryl methyl sites for hydroxylation is 1. The summed E-state index contributed by atoms with van der Waals surface area (Å²) in [4.78, 5) is 0. The average Bonchev–Trinajstić information content (AvgIpc) is 3.20. The van der Waals surface area contributed by atoms with Crippen molar-refractivity contribution in [1.82, 2.24) is 14.5 Å². The van der Waals surface area contributed by atoms with Gasteiger partial charge in [-0.05, 0) is 38.1 Å². The fraction of sp³-hybridized carbons (Fsp3) is 0.222. The van der Waals surface area contributed by atoms with Crippen LogP contribution in [-0.4, -0.2) is 40.8 Å². The van der Waals surface area contributed by atoms with E-state index in [1.54, 1.807) is 0 Å². The summed E-state index contributed by atoms with van der Waals surface area (Å²) in [7, 11) is -2.60. The number of nitrogens with zero attached hydrogens (tertiary/aromatic N) is 4. The number of benzene rings is 3. The number of hydrogen-bond acceptors (Lipinski definition) is 3. The first kappa shape index (κ1) is 24.3. The molecule has 1 aliphatic rings. The van der Waals surface area contributed by atoms with Gasteiger partial charge in [0.05, 0.1) is 52.8 Å². The molecule has 0 radical (unpaired) electrons. The van der Waals surface area contributed by atoms with Crippen LogP contribution in [0.3, 0.4) is 0 Å². The molecule has 35 heavy (non-hydrogen) atoms. The molecule has 8 heteroatoms. The van der Waals surface area contributed by atoms with Crippen LogP contribution in [0.15, 0.2) is 83.6 Å². The molecular weight excluding hydrogens is 498 g/mol. The van der Waals surface area contributed by atoms with Crippen molar-refractivity contribution in [3.8, 4) is 5.69 Å². The van der Waals surface area contributed by atoms with Gasteiger partial charge in [-0.15, -0.1) is 0 Å². The standard InChI is InChI=1S/C27H27Cl2N4OP/c1-20-27(21(2)33(30-20)22-10-5-3-6-11-22)35(23-12-7-4-8-13-23,32-16-18-34-19-17-32)31-26-24(28)14-9-15-25(26)29/h3-15H,16-19H2,1-2H3. The van der Waals surface area contributed by atoms with Crippen LogP contribution < -0.4 is 10.6 Å². The highest BCUT2D eigenvalue weighted by Gasteiger charge is 2.38. The van der Waals surface area contributed by atoms with Crippen LogP contribution in [0.5, 0.6) is 0 Å². The predicted molar refractivity (Wildman–Crippen MR) is 147 cm³/mol. The van der Waals surface area contributed by atoms with E-state index >= 15 is 0 Å². The van der Waals surface area contributed by atoms with Gasteiger partial charge < -0.3 is 4.74 Å². The molecule has 4 aromatic rings. The predicted octanol–water partition coefficient (Wildman–Crippen LogP) is 6.53. The molecule has 180 valence electrons. The molecule has 3 aromatic carbocycles. The Kier molecular flexibility index (Phi) is 7.15. The number of rotatable bonds is 5. The van der Waals surface area contributed by atoms with Gasteiger partial charge in [0.25, 0.3) is 0 Å². The van der Waals surface area contributed by atoms with Crippen LogP contribution in [0.25, 0.3) is 5.69 Å². The fourth-order valence-corrected chi connectivity index (χ4v) is 9.41. The van der Waals surface area contributed by atoms with Gasteiger partial charge in [-0.25, -0.2) is 9.43 Å². The Morgan fingerprint density at radius 2 is 1.43 bits per heavy atom. The molecule has 0 aliphatic carbocycles. The Bertz CT molecular complexity index is 1360. The van der Waals surface area contributed by atoms with Crippen LogP contribution >= 0.6 is 30.4 Å². The van der Waals surface area contributed by atoms with Crippen LogP contribution in [0.1, 0.15) is 11.4 Å². The van der Waals surface area contributed by atoms with E-state index in [4.69, 9.17) is 37.8 Å².